The summed E-state index contributed by atoms with van der Waals surface area (Å²) in [6, 6.07) is 13.8. The molecule has 0 spiro atoms. The van der Waals surface area contributed by atoms with Crippen LogP contribution in [0.15, 0.2) is 62.5 Å². The average Bonchev–Trinajstić information content (AvgIpc) is 3.30. The summed E-state index contributed by atoms with van der Waals surface area (Å²) >= 11 is 2.49. The number of nitrogens with one attached hydrogen (secondary N) is 1. The Hall–Kier alpha value is -3.40. The molecular weight excluding hydrogens is 581 g/mol. The summed E-state index contributed by atoms with van der Waals surface area (Å²) in [6.07, 6.45) is -3.30. The zero-order valence-corrected chi connectivity index (χ0v) is 22.9. The maximum atomic E-state index is 13.4. The third-order valence-corrected chi connectivity index (χ3v) is 9.23. The molecular formula is C24H23F3N2O7S3. The topological polar surface area (TPSA) is 168 Å². The van der Waals surface area contributed by atoms with Crippen LogP contribution in [0.2, 0.25) is 0 Å². The molecule has 2 aromatic carbocycles. The molecule has 3 aromatic rings. The highest BCUT2D eigenvalue weighted by Crippen LogP contribution is 2.37. The lowest BCUT2D eigenvalue weighted by Gasteiger charge is -2.11. The van der Waals surface area contributed by atoms with Gasteiger partial charge in [-0.05, 0) is 53.6 Å². The lowest BCUT2D eigenvalue weighted by Crippen LogP contribution is -2.21. The Labute approximate surface area is 229 Å². The lowest BCUT2D eigenvalue weighted by molar-refractivity contribution is -0.192. The maximum Gasteiger partial charge on any atom is 0.490 e. The molecule has 5 N–H and O–H groups in total. The molecule has 15 heteroatoms. The normalized spacial score (nSPS) is 11.4. The lowest BCUT2D eigenvalue weighted by atomic mass is 9.99. The van der Waals surface area contributed by atoms with E-state index in [0.717, 1.165) is 22.3 Å². The zero-order chi connectivity index (χ0) is 29.5. The van der Waals surface area contributed by atoms with E-state index in [4.69, 9.17) is 30.9 Å². The second-order valence-corrected chi connectivity index (χ2v) is 11.8. The van der Waals surface area contributed by atoms with E-state index in [0.29, 0.717) is 9.09 Å². The van der Waals surface area contributed by atoms with Gasteiger partial charge in [0.15, 0.2) is 0 Å². The fraction of sp³-hybridized carbons (Fsp3) is 0.208. The van der Waals surface area contributed by atoms with E-state index < -0.39 is 28.0 Å². The van der Waals surface area contributed by atoms with Crippen molar-refractivity contribution in [2.45, 2.75) is 33.7 Å². The molecule has 210 valence electrons. The van der Waals surface area contributed by atoms with E-state index in [1.807, 2.05) is 31.2 Å². The van der Waals surface area contributed by atoms with Crippen molar-refractivity contribution in [1.29, 1.82) is 5.41 Å². The van der Waals surface area contributed by atoms with Crippen LogP contribution in [0.1, 0.15) is 16.0 Å². The fourth-order valence-corrected chi connectivity index (χ4v) is 7.08. The molecule has 0 saturated heterocycles. The Morgan fingerprint density at radius 2 is 1.77 bits per heavy atom. The van der Waals surface area contributed by atoms with E-state index in [1.54, 1.807) is 24.5 Å². The summed E-state index contributed by atoms with van der Waals surface area (Å²) in [4.78, 5) is 20.2. The molecule has 1 aromatic heterocycles. The third-order valence-electron chi connectivity index (χ3n) is 4.89. The first-order valence-electron chi connectivity index (χ1n) is 10.6. The molecule has 0 amide bonds. The molecule has 1 heterocycles. The number of nitrogens with two attached hydrogens (primary N) is 1. The van der Waals surface area contributed by atoms with Gasteiger partial charge in [0.2, 0.25) is 9.84 Å². The number of sulfone groups is 1. The molecule has 0 aliphatic carbocycles. The number of hydrogen-bond donors (Lipinski definition) is 4. The third kappa shape index (κ3) is 8.54. The van der Waals surface area contributed by atoms with E-state index in [2.05, 4.69) is 0 Å². The SMILES string of the molecule is CSc1sc(C(=N)N)cc1S(=O)(=O)c1cccc(-c2ccc(COCC(=O)O)cc2C)c1.O=C(O)C(F)(F)F. The summed E-state index contributed by atoms with van der Waals surface area (Å²) in [5, 5.41) is 23.4. The van der Waals surface area contributed by atoms with Crippen LogP contribution in [0.5, 0.6) is 0 Å². The molecule has 0 unspecified atom stereocenters. The van der Waals surface area contributed by atoms with Crippen molar-refractivity contribution < 1.29 is 46.1 Å². The Bertz CT molecular complexity index is 1490. The molecule has 0 atom stereocenters. The average molecular weight is 605 g/mol. The van der Waals surface area contributed by atoms with Crippen LogP contribution in [0.25, 0.3) is 11.1 Å². The molecule has 0 bridgehead atoms. The van der Waals surface area contributed by atoms with Gasteiger partial charge < -0.3 is 20.7 Å². The largest absolute Gasteiger partial charge is 0.490 e. The number of thiophene rings is 1. The Morgan fingerprint density at radius 1 is 1.13 bits per heavy atom. The molecule has 3 rings (SSSR count). The summed E-state index contributed by atoms with van der Waals surface area (Å²) in [5.41, 5.74) is 8.91. The van der Waals surface area contributed by atoms with Crippen LogP contribution in [-0.4, -0.2) is 55.4 Å². The number of thioether (sulfide) groups is 1. The quantitative estimate of drug-likeness (QED) is 0.152. The molecule has 0 aliphatic rings. The van der Waals surface area contributed by atoms with Crippen molar-refractivity contribution in [2.24, 2.45) is 5.73 Å². The van der Waals surface area contributed by atoms with Crippen molar-refractivity contribution in [3.63, 3.8) is 0 Å². The number of rotatable bonds is 9. The van der Waals surface area contributed by atoms with Gasteiger partial charge in [-0.1, -0.05) is 30.3 Å². The zero-order valence-electron chi connectivity index (χ0n) is 20.4. The van der Waals surface area contributed by atoms with Gasteiger partial charge in [0.25, 0.3) is 0 Å². The number of aryl methyl sites for hydroxylation is 1. The number of carbonyl (C=O) groups is 2. The van der Waals surface area contributed by atoms with Crippen molar-refractivity contribution >= 4 is 50.7 Å². The first kappa shape index (κ1) is 31.8. The fourth-order valence-electron chi connectivity index (χ4n) is 3.17. The minimum absolute atomic E-state index is 0.153. The van der Waals surface area contributed by atoms with E-state index in [-0.39, 0.29) is 28.8 Å². The highest BCUT2D eigenvalue weighted by atomic mass is 32.2. The van der Waals surface area contributed by atoms with Crippen LogP contribution in [0.3, 0.4) is 0 Å². The highest BCUT2D eigenvalue weighted by molar-refractivity contribution is 8.01. The number of benzene rings is 2. The number of carboxylic acid groups (broad SMARTS) is 2. The van der Waals surface area contributed by atoms with Gasteiger partial charge in [0.05, 0.1) is 25.5 Å². The highest BCUT2D eigenvalue weighted by Gasteiger charge is 2.38. The molecule has 0 aliphatic heterocycles. The minimum atomic E-state index is -5.08. The molecule has 0 saturated carbocycles. The van der Waals surface area contributed by atoms with Gasteiger partial charge in [-0.25, -0.2) is 18.0 Å². The number of carboxylic acids is 2. The molecule has 39 heavy (non-hydrogen) atoms. The second-order valence-electron chi connectivity index (χ2n) is 7.75. The van der Waals surface area contributed by atoms with Gasteiger partial charge in [-0.15, -0.1) is 23.1 Å². The Kier molecular flexibility index (Phi) is 10.7. The van der Waals surface area contributed by atoms with Crippen molar-refractivity contribution in [3.05, 3.63) is 64.5 Å². The first-order chi connectivity index (χ1) is 18.1. The number of amidine groups is 1. The number of ether oxygens (including phenoxy) is 1. The minimum Gasteiger partial charge on any atom is -0.480 e. The van der Waals surface area contributed by atoms with Crippen LogP contribution in [0, 0.1) is 12.3 Å². The number of nitrogen functional groups attached to an aromatic ring is 1. The Morgan fingerprint density at radius 3 is 2.28 bits per heavy atom. The van der Waals surface area contributed by atoms with Crippen molar-refractivity contribution in [1.82, 2.24) is 0 Å². The van der Waals surface area contributed by atoms with E-state index in [1.165, 1.54) is 29.2 Å². The number of hydrogen-bond acceptors (Lipinski definition) is 8. The predicted molar refractivity (Wildman–Crippen MR) is 140 cm³/mol. The standard InChI is InChI=1S/C22H22N2O5S3.C2HF3O2/c1-13-8-14(11-29-12-20(25)26)6-7-17(13)15-4-3-5-16(9-15)32(27,28)19-10-18(21(23)24)31-22(19)30-2;3-2(4,5)1(6)7/h3-10H,11-12H2,1-2H3,(H3,23,24)(H,25,26);(H,6,7). The van der Waals surface area contributed by atoms with Gasteiger partial charge in [-0.3, -0.25) is 5.41 Å². The first-order valence-corrected chi connectivity index (χ1v) is 14.2. The number of halogens is 3. The summed E-state index contributed by atoms with van der Waals surface area (Å²) in [5.74, 6) is -3.95. The van der Waals surface area contributed by atoms with Gasteiger partial charge in [-0.2, -0.15) is 13.2 Å². The van der Waals surface area contributed by atoms with E-state index >= 15 is 0 Å². The Balaban J connectivity index is 0.000000673. The van der Waals surface area contributed by atoms with Crippen LogP contribution in [-0.2, 0) is 30.8 Å². The van der Waals surface area contributed by atoms with Gasteiger partial charge in [0, 0.05) is 0 Å². The monoisotopic (exact) mass is 604 g/mol. The van der Waals surface area contributed by atoms with Crippen LogP contribution >= 0.6 is 23.1 Å². The summed E-state index contributed by atoms with van der Waals surface area (Å²) in [6.45, 7) is 1.71. The maximum absolute atomic E-state index is 13.4. The second kappa shape index (κ2) is 13.1. The molecule has 0 fully saturated rings. The van der Waals surface area contributed by atoms with E-state index in [9.17, 15) is 26.4 Å². The van der Waals surface area contributed by atoms with Crippen LogP contribution < -0.4 is 5.73 Å². The number of aliphatic carboxylic acids is 2. The molecule has 9 nitrogen and oxygen atoms in total. The smallest absolute Gasteiger partial charge is 0.480 e. The summed E-state index contributed by atoms with van der Waals surface area (Å²) < 4.78 is 64.2. The van der Waals surface area contributed by atoms with Gasteiger partial charge >= 0.3 is 18.1 Å². The summed E-state index contributed by atoms with van der Waals surface area (Å²) in [7, 11) is -3.80. The van der Waals surface area contributed by atoms with Crippen molar-refractivity contribution in [3.8, 4) is 11.1 Å². The van der Waals surface area contributed by atoms with Gasteiger partial charge in [0.1, 0.15) is 12.4 Å². The molecule has 0 radical (unpaired) electrons. The van der Waals surface area contributed by atoms with Crippen molar-refractivity contribution in [2.75, 3.05) is 12.9 Å². The van der Waals surface area contributed by atoms with Crippen LogP contribution in [0.4, 0.5) is 13.2 Å². The number of alkyl halides is 3. The predicted octanol–water partition coefficient (Wildman–Crippen LogP) is 4.80.